The fraction of sp³-hybridized carbons (Fsp3) is 0.0714. The third kappa shape index (κ3) is 1.89. The number of benzene rings is 3. The maximum Gasteiger partial charge on any atom is 0.145 e. The van der Waals surface area contributed by atoms with Gasteiger partial charge in [-0.1, -0.05) is 30.3 Å². The average Bonchev–Trinajstić information content (AvgIpc) is 3.52. The molecule has 6 aromatic rings. The summed E-state index contributed by atoms with van der Waals surface area (Å²) in [5.74, 6) is 0. The molecule has 2 aliphatic carbocycles. The lowest BCUT2D eigenvalue weighted by Crippen LogP contribution is -1.94. The van der Waals surface area contributed by atoms with Gasteiger partial charge in [-0.05, 0) is 87.0 Å². The summed E-state index contributed by atoms with van der Waals surface area (Å²) in [5.41, 5.74) is 13.5. The van der Waals surface area contributed by atoms with Crippen molar-refractivity contribution >= 4 is 27.3 Å². The van der Waals surface area contributed by atoms with Crippen molar-refractivity contribution in [3.8, 4) is 22.3 Å². The Morgan fingerprint density at radius 3 is 2.55 bits per heavy atom. The number of imidazole rings is 1. The SMILES string of the molecule is c1ccc2c(c1)Cc1cc3c(cc1-2)Cc1c-3ccc2c1c1ccncc1n1ccnc21. The fourth-order valence-corrected chi connectivity index (χ4v) is 5.88. The van der Waals surface area contributed by atoms with Crippen molar-refractivity contribution in [3.05, 3.63) is 102 Å². The third-order valence-corrected chi connectivity index (χ3v) is 7.20. The van der Waals surface area contributed by atoms with Crippen LogP contribution in [0, 0.1) is 0 Å². The van der Waals surface area contributed by atoms with Gasteiger partial charge in [-0.3, -0.25) is 9.38 Å². The Hall–Kier alpha value is -3.98. The van der Waals surface area contributed by atoms with E-state index in [9.17, 15) is 0 Å². The van der Waals surface area contributed by atoms with Gasteiger partial charge >= 0.3 is 0 Å². The number of rotatable bonds is 0. The van der Waals surface area contributed by atoms with E-state index < -0.39 is 0 Å². The molecule has 0 bridgehead atoms. The van der Waals surface area contributed by atoms with Gasteiger partial charge in [0.15, 0.2) is 0 Å². The van der Waals surface area contributed by atoms with Gasteiger partial charge in [-0.2, -0.15) is 0 Å². The van der Waals surface area contributed by atoms with Crippen LogP contribution in [0.4, 0.5) is 0 Å². The van der Waals surface area contributed by atoms with Crippen LogP contribution in [0.2, 0.25) is 0 Å². The quantitative estimate of drug-likeness (QED) is 0.287. The largest absolute Gasteiger partial charge is 0.298 e. The molecular formula is C28H17N3. The predicted molar refractivity (Wildman–Crippen MR) is 124 cm³/mol. The van der Waals surface area contributed by atoms with E-state index in [1.165, 1.54) is 60.7 Å². The summed E-state index contributed by atoms with van der Waals surface area (Å²) in [5, 5.41) is 3.79. The van der Waals surface area contributed by atoms with Crippen LogP contribution < -0.4 is 0 Å². The zero-order valence-corrected chi connectivity index (χ0v) is 16.8. The van der Waals surface area contributed by atoms with Crippen LogP contribution in [0.15, 0.2) is 79.4 Å². The zero-order valence-electron chi connectivity index (χ0n) is 16.8. The molecule has 3 aromatic heterocycles. The van der Waals surface area contributed by atoms with Gasteiger partial charge in [0, 0.05) is 29.4 Å². The second kappa shape index (κ2) is 5.38. The molecule has 0 N–H and O–H groups in total. The fourth-order valence-electron chi connectivity index (χ4n) is 5.88. The summed E-state index contributed by atoms with van der Waals surface area (Å²) in [7, 11) is 0. The first-order valence-electron chi connectivity index (χ1n) is 10.8. The zero-order chi connectivity index (χ0) is 20.1. The van der Waals surface area contributed by atoms with E-state index in [4.69, 9.17) is 0 Å². The van der Waals surface area contributed by atoms with Gasteiger partial charge in [0.05, 0.1) is 11.7 Å². The number of pyridine rings is 2. The Kier molecular flexibility index (Phi) is 2.74. The number of fused-ring (bicyclic) bond motifs is 13. The van der Waals surface area contributed by atoms with Crippen molar-refractivity contribution in [2.45, 2.75) is 12.8 Å². The van der Waals surface area contributed by atoms with Crippen LogP contribution >= 0.6 is 0 Å². The Morgan fingerprint density at radius 1 is 0.710 bits per heavy atom. The highest BCUT2D eigenvalue weighted by Crippen LogP contribution is 2.47. The first kappa shape index (κ1) is 15.8. The van der Waals surface area contributed by atoms with E-state index in [-0.39, 0.29) is 0 Å². The number of aromatic nitrogens is 3. The van der Waals surface area contributed by atoms with Crippen molar-refractivity contribution < 1.29 is 0 Å². The molecule has 0 saturated heterocycles. The molecule has 2 aliphatic rings. The topological polar surface area (TPSA) is 30.2 Å². The highest BCUT2D eigenvalue weighted by molar-refractivity contribution is 6.15. The Bertz CT molecular complexity index is 1740. The molecule has 0 radical (unpaired) electrons. The standard InChI is InChI=1S/C28H17N3/c1-2-4-19-16(3-1)11-17-12-24-18(13-23(17)19)14-25-20(24)5-6-22-27(25)21-7-8-29-15-26(21)31-10-9-30-28(22)31/h1-10,12-13,15H,11,14H2. The second-order valence-electron chi connectivity index (χ2n) is 8.71. The summed E-state index contributed by atoms with van der Waals surface area (Å²) >= 11 is 0. The lowest BCUT2D eigenvalue weighted by molar-refractivity contribution is 1.23. The molecule has 0 amide bonds. The molecule has 3 nitrogen and oxygen atoms in total. The molecule has 0 atom stereocenters. The van der Waals surface area contributed by atoms with E-state index >= 15 is 0 Å². The summed E-state index contributed by atoms with van der Waals surface area (Å²) in [6.45, 7) is 0. The van der Waals surface area contributed by atoms with Crippen LogP contribution in [0.1, 0.15) is 22.3 Å². The molecule has 3 heterocycles. The smallest absolute Gasteiger partial charge is 0.145 e. The number of hydrogen-bond donors (Lipinski definition) is 0. The molecule has 31 heavy (non-hydrogen) atoms. The van der Waals surface area contributed by atoms with Gasteiger partial charge in [-0.25, -0.2) is 4.98 Å². The van der Waals surface area contributed by atoms with Crippen LogP contribution in [0.25, 0.3) is 49.6 Å². The third-order valence-electron chi connectivity index (χ3n) is 7.20. The minimum Gasteiger partial charge on any atom is -0.298 e. The van der Waals surface area contributed by atoms with Crippen molar-refractivity contribution in [1.82, 2.24) is 14.4 Å². The van der Waals surface area contributed by atoms with E-state index in [1.54, 1.807) is 0 Å². The summed E-state index contributed by atoms with van der Waals surface area (Å²) in [4.78, 5) is 9.08. The van der Waals surface area contributed by atoms with E-state index in [2.05, 4.69) is 69.0 Å². The molecule has 0 aliphatic heterocycles. The van der Waals surface area contributed by atoms with Crippen LogP contribution in [0.5, 0.6) is 0 Å². The molecule has 0 fully saturated rings. The van der Waals surface area contributed by atoms with Gasteiger partial charge in [0.25, 0.3) is 0 Å². The van der Waals surface area contributed by atoms with Crippen LogP contribution in [-0.4, -0.2) is 14.4 Å². The highest BCUT2D eigenvalue weighted by Gasteiger charge is 2.27. The first-order chi connectivity index (χ1) is 15.4. The molecule has 3 aromatic carbocycles. The molecule has 0 spiro atoms. The molecule has 0 unspecified atom stereocenters. The number of nitrogens with zero attached hydrogens (tertiary/aromatic N) is 3. The maximum absolute atomic E-state index is 4.68. The molecule has 0 saturated carbocycles. The van der Waals surface area contributed by atoms with Crippen molar-refractivity contribution in [3.63, 3.8) is 0 Å². The average molecular weight is 395 g/mol. The van der Waals surface area contributed by atoms with Gasteiger partial charge < -0.3 is 0 Å². The minimum absolute atomic E-state index is 0.964. The van der Waals surface area contributed by atoms with Gasteiger partial charge in [0.1, 0.15) is 5.65 Å². The Morgan fingerprint density at radius 2 is 1.58 bits per heavy atom. The normalized spacial score (nSPS) is 13.5. The summed E-state index contributed by atoms with van der Waals surface area (Å²) < 4.78 is 2.16. The van der Waals surface area contributed by atoms with E-state index in [0.29, 0.717) is 0 Å². The van der Waals surface area contributed by atoms with E-state index in [1.807, 2.05) is 24.8 Å². The minimum atomic E-state index is 0.964. The Balaban J connectivity index is 1.45. The monoisotopic (exact) mass is 395 g/mol. The summed E-state index contributed by atoms with van der Waals surface area (Å²) in [6, 6.07) is 20.4. The Labute approximate surface area is 178 Å². The van der Waals surface area contributed by atoms with E-state index in [0.717, 1.165) is 24.0 Å². The molecular weight excluding hydrogens is 378 g/mol. The summed E-state index contributed by atoms with van der Waals surface area (Å²) in [6.07, 6.45) is 9.76. The first-order valence-corrected chi connectivity index (χ1v) is 10.8. The van der Waals surface area contributed by atoms with Crippen LogP contribution in [-0.2, 0) is 12.8 Å². The lowest BCUT2D eigenvalue weighted by Gasteiger charge is -2.12. The predicted octanol–water partition coefficient (Wildman–Crippen LogP) is 6.18. The van der Waals surface area contributed by atoms with Crippen molar-refractivity contribution in [2.24, 2.45) is 0 Å². The molecule has 144 valence electrons. The second-order valence-corrected chi connectivity index (χ2v) is 8.71. The number of hydrogen-bond acceptors (Lipinski definition) is 2. The molecule has 3 heteroatoms. The van der Waals surface area contributed by atoms with Crippen LogP contribution in [0.3, 0.4) is 0 Å². The highest BCUT2D eigenvalue weighted by atomic mass is 15.0. The van der Waals surface area contributed by atoms with Crippen molar-refractivity contribution in [2.75, 3.05) is 0 Å². The van der Waals surface area contributed by atoms with Gasteiger partial charge in [-0.15, -0.1) is 0 Å². The van der Waals surface area contributed by atoms with Gasteiger partial charge in [0.2, 0.25) is 0 Å². The molecule has 8 rings (SSSR count). The van der Waals surface area contributed by atoms with Crippen molar-refractivity contribution in [1.29, 1.82) is 0 Å². The maximum atomic E-state index is 4.68. The lowest BCUT2D eigenvalue weighted by atomic mass is 9.96.